The zero-order valence-corrected chi connectivity index (χ0v) is 15.4. The molecule has 2 aliphatic rings. The number of thiophene rings is 1. The van der Waals surface area contributed by atoms with Gasteiger partial charge in [0, 0.05) is 46.0 Å². The number of nitrogens with one attached hydrogen (secondary N) is 1. The maximum absolute atomic E-state index is 12.2. The first-order valence-electron chi connectivity index (χ1n) is 8.93. The summed E-state index contributed by atoms with van der Waals surface area (Å²) in [5.74, 6) is 0.549. The minimum Gasteiger partial charge on any atom is -0.372 e. The van der Waals surface area contributed by atoms with E-state index in [0.717, 1.165) is 39.1 Å². The van der Waals surface area contributed by atoms with Crippen LogP contribution >= 0.6 is 11.3 Å². The van der Waals surface area contributed by atoms with E-state index in [9.17, 15) is 4.79 Å². The van der Waals surface area contributed by atoms with Crippen molar-refractivity contribution in [1.29, 1.82) is 0 Å². The number of carbonyl (C=O) groups is 1. The normalized spacial score (nSPS) is 22.2. The molecule has 4 rings (SSSR count). The largest absolute Gasteiger partial charge is 0.372 e. The van der Waals surface area contributed by atoms with Gasteiger partial charge in [-0.05, 0) is 53.3 Å². The summed E-state index contributed by atoms with van der Waals surface area (Å²) < 4.78 is 7.98. The Kier molecular flexibility index (Phi) is 4.67. The molecule has 0 saturated carbocycles. The van der Waals surface area contributed by atoms with Crippen LogP contribution in [0.25, 0.3) is 0 Å². The number of rotatable bonds is 6. The minimum atomic E-state index is 0.00755. The second kappa shape index (κ2) is 6.94. The summed E-state index contributed by atoms with van der Waals surface area (Å²) in [4.78, 5) is 14.7. The van der Waals surface area contributed by atoms with Crippen LogP contribution in [0.3, 0.4) is 0 Å². The van der Waals surface area contributed by atoms with Crippen molar-refractivity contribution in [3.05, 3.63) is 46.4 Å². The van der Waals surface area contributed by atoms with Crippen LogP contribution in [-0.2, 0) is 18.3 Å². The van der Waals surface area contributed by atoms with Crippen LogP contribution in [-0.4, -0.2) is 47.2 Å². The number of aryl methyl sites for hydroxylation is 1. The molecule has 0 radical (unpaired) electrons. The number of hydrogen-bond acceptors (Lipinski definition) is 4. The van der Waals surface area contributed by atoms with Gasteiger partial charge in [-0.15, -0.1) is 0 Å². The molecular weight excluding hydrogens is 334 g/mol. The summed E-state index contributed by atoms with van der Waals surface area (Å²) in [5, 5.41) is 7.41. The molecule has 1 atom stereocenters. The van der Waals surface area contributed by atoms with Crippen LogP contribution in [0.4, 0.5) is 0 Å². The third kappa shape index (κ3) is 3.38. The van der Waals surface area contributed by atoms with Crippen molar-refractivity contribution in [2.45, 2.75) is 25.0 Å². The van der Waals surface area contributed by atoms with E-state index in [4.69, 9.17) is 4.74 Å². The van der Waals surface area contributed by atoms with Crippen LogP contribution in [0.2, 0.25) is 0 Å². The van der Waals surface area contributed by atoms with Crippen molar-refractivity contribution in [1.82, 2.24) is 14.8 Å². The van der Waals surface area contributed by atoms with Gasteiger partial charge in [0.1, 0.15) is 5.69 Å². The second-order valence-electron chi connectivity index (χ2n) is 7.22. The molecule has 1 spiro atoms. The van der Waals surface area contributed by atoms with Crippen molar-refractivity contribution in [3.63, 3.8) is 0 Å². The maximum atomic E-state index is 12.2. The Morgan fingerprint density at radius 3 is 3.04 bits per heavy atom. The van der Waals surface area contributed by atoms with Gasteiger partial charge in [-0.25, -0.2) is 0 Å². The molecule has 0 aromatic carbocycles. The molecule has 5 nitrogen and oxygen atoms in total. The zero-order valence-electron chi connectivity index (χ0n) is 14.6. The zero-order chi connectivity index (χ0) is 17.3. The molecule has 0 bridgehead atoms. The molecule has 4 heterocycles. The third-order valence-corrected chi connectivity index (χ3v) is 6.26. The summed E-state index contributed by atoms with van der Waals surface area (Å²) in [6.45, 7) is 4.61. The number of ether oxygens (including phenoxy) is 1. The molecule has 1 amide bonds. The Bertz CT molecular complexity index is 719. The molecule has 1 N–H and O–H groups in total. The van der Waals surface area contributed by atoms with E-state index >= 15 is 0 Å². The van der Waals surface area contributed by atoms with Gasteiger partial charge >= 0.3 is 0 Å². The predicted molar refractivity (Wildman–Crippen MR) is 98.7 cm³/mol. The lowest BCUT2D eigenvalue weighted by Crippen LogP contribution is -2.64. The monoisotopic (exact) mass is 359 g/mol. The lowest BCUT2D eigenvalue weighted by Gasteiger charge is -2.50. The van der Waals surface area contributed by atoms with E-state index in [0.29, 0.717) is 18.2 Å². The number of nitrogens with zero attached hydrogens (tertiary/aromatic N) is 2. The maximum Gasteiger partial charge on any atom is 0.267 e. The standard InChI is InChI=1S/C19H25N3O2S/c1-21-8-2-3-17(21)18(23)20-7-4-16-5-9-24-19(16)13-22(14-19)11-15-6-10-25-12-15/h2-3,6,8,10,12,16H,4-5,7,9,11,13-14H2,1H3,(H,20,23). The van der Waals surface area contributed by atoms with Crippen LogP contribution in [0.1, 0.15) is 28.9 Å². The molecule has 2 aromatic heterocycles. The summed E-state index contributed by atoms with van der Waals surface area (Å²) in [7, 11) is 1.89. The lowest BCUT2D eigenvalue weighted by molar-refractivity contribution is -0.136. The highest BCUT2D eigenvalue weighted by atomic mass is 32.1. The number of hydrogen-bond donors (Lipinski definition) is 1. The molecule has 25 heavy (non-hydrogen) atoms. The highest BCUT2D eigenvalue weighted by Crippen LogP contribution is 2.42. The fraction of sp³-hybridized carbons (Fsp3) is 0.526. The van der Waals surface area contributed by atoms with Gasteiger partial charge in [0.2, 0.25) is 0 Å². The second-order valence-corrected chi connectivity index (χ2v) is 8.00. The number of aromatic nitrogens is 1. The average Bonchev–Trinajstić information content (AvgIpc) is 3.28. The van der Waals surface area contributed by atoms with Gasteiger partial charge in [0.15, 0.2) is 0 Å². The number of amides is 1. The third-order valence-electron chi connectivity index (χ3n) is 5.52. The molecule has 6 heteroatoms. The number of likely N-dealkylation sites (tertiary alicyclic amines) is 1. The van der Waals surface area contributed by atoms with Crippen LogP contribution < -0.4 is 5.32 Å². The highest BCUT2D eigenvalue weighted by molar-refractivity contribution is 7.07. The van der Waals surface area contributed by atoms with Gasteiger partial charge in [-0.1, -0.05) is 0 Å². The first kappa shape index (κ1) is 16.8. The van der Waals surface area contributed by atoms with Crippen molar-refractivity contribution < 1.29 is 9.53 Å². The summed E-state index contributed by atoms with van der Waals surface area (Å²) in [5.41, 5.74) is 2.12. The number of carbonyl (C=O) groups excluding carboxylic acids is 1. The van der Waals surface area contributed by atoms with E-state index in [2.05, 4.69) is 27.0 Å². The molecule has 0 aliphatic carbocycles. The van der Waals surface area contributed by atoms with Crippen molar-refractivity contribution in [2.24, 2.45) is 13.0 Å². The first-order chi connectivity index (χ1) is 12.2. The average molecular weight is 359 g/mol. The van der Waals surface area contributed by atoms with Crippen molar-refractivity contribution in [2.75, 3.05) is 26.2 Å². The summed E-state index contributed by atoms with van der Waals surface area (Å²) in [6, 6.07) is 5.94. The van der Waals surface area contributed by atoms with Gasteiger partial charge in [-0.2, -0.15) is 11.3 Å². The van der Waals surface area contributed by atoms with Gasteiger partial charge in [-0.3, -0.25) is 9.69 Å². The Balaban J connectivity index is 1.25. The summed E-state index contributed by atoms with van der Waals surface area (Å²) >= 11 is 1.75. The predicted octanol–water partition coefficient (Wildman–Crippen LogP) is 2.50. The quantitative estimate of drug-likeness (QED) is 0.862. The molecular formula is C19H25N3O2S. The van der Waals surface area contributed by atoms with Crippen LogP contribution in [0, 0.1) is 5.92 Å². The Hall–Kier alpha value is -1.63. The first-order valence-corrected chi connectivity index (χ1v) is 9.87. The van der Waals surface area contributed by atoms with E-state index in [1.54, 1.807) is 11.3 Å². The minimum absolute atomic E-state index is 0.00755. The molecule has 2 fully saturated rings. The Labute approximate surface area is 152 Å². The van der Waals surface area contributed by atoms with Crippen molar-refractivity contribution in [3.8, 4) is 0 Å². The van der Waals surface area contributed by atoms with Crippen LogP contribution in [0.5, 0.6) is 0 Å². The fourth-order valence-electron chi connectivity index (χ4n) is 4.15. The smallest absolute Gasteiger partial charge is 0.267 e. The van der Waals surface area contributed by atoms with Gasteiger partial charge in [0.05, 0.1) is 5.60 Å². The Morgan fingerprint density at radius 2 is 2.32 bits per heavy atom. The fourth-order valence-corrected chi connectivity index (χ4v) is 4.81. The van der Waals surface area contributed by atoms with Gasteiger partial charge < -0.3 is 14.6 Å². The molecule has 134 valence electrons. The lowest BCUT2D eigenvalue weighted by atomic mass is 9.79. The summed E-state index contributed by atoms with van der Waals surface area (Å²) in [6.07, 6.45) is 3.99. The Morgan fingerprint density at radius 1 is 1.44 bits per heavy atom. The van der Waals surface area contributed by atoms with E-state index in [-0.39, 0.29) is 11.5 Å². The molecule has 2 aromatic rings. The van der Waals surface area contributed by atoms with E-state index in [1.807, 2.05) is 29.9 Å². The van der Waals surface area contributed by atoms with E-state index in [1.165, 1.54) is 5.56 Å². The SMILES string of the molecule is Cn1cccc1C(=O)NCCC1CCOC12CN(Cc1ccsc1)C2. The van der Waals surface area contributed by atoms with Crippen LogP contribution in [0.15, 0.2) is 35.2 Å². The van der Waals surface area contributed by atoms with E-state index < -0.39 is 0 Å². The van der Waals surface area contributed by atoms with Gasteiger partial charge in [0.25, 0.3) is 5.91 Å². The highest BCUT2D eigenvalue weighted by Gasteiger charge is 2.52. The molecule has 1 unspecified atom stereocenters. The molecule has 2 saturated heterocycles. The molecule has 2 aliphatic heterocycles. The topological polar surface area (TPSA) is 46.5 Å². The van der Waals surface area contributed by atoms with Crippen molar-refractivity contribution >= 4 is 17.2 Å².